The van der Waals surface area contributed by atoms with Crippen molar-refractivity contribution in [2.45, 2.75) is 12.6 Å². The third-order valence-corrected chi connectivity index (χ3v) is 1.54. The first-order valence-electron chi connectivity index (χ1n) is 3.69. The molecule has 1 heterocycles. The van der Waals surface area contributed by atoms with Crippen molar-refractivity contribution in [2.75, 3.05) is 0 Å². The van der Waals surface area contributed by atoms with Gasteiger partial charge in [0.05, 0.1) is 12.5 Å². The zero-order chi connectivity index (χ0) is 10.7. The van der Waals surface area contributed by atoms with E-state index in [4.69, 9.17) is 5.11 Å². The Balaban J connectivity index is 2.93. The smallest absolute Gasteiger partial charge is 0.328 e. The molecule has 0 aliphatic rings. The predicted molar refractivity (Wildman–Crippen MR) is 42.3 cm³/mol. The maximum atomic E-state index is 11.0. The predicted octanol–water partition coefficient (Wildman–Crippen LogP) is -3.35. The fourth-order valence-electron chi connectivity index (χ4n) is 0.849. The third kappa shape index (κ3) is 2.30. The molecule has 0 unspecified atom stereocenters. The summed E-state index contributed by atoms with van der Waals surface area (Å²) in [7, 11) is 0. The summed E-state index contributed by atoms with van der Waals surface area (Å²) in [4.78, 5) is 33.6. The Hall–Kier alpha value is -1.89. The van der Waals surface area contributed by atoms with Gasteiger partial charge in [0, 0.05) is 12.3 Å². The van der Waals surface area contributed by atoms with Gasteiger partial charge in [-0.15, -0.1) is 0 Å². The van der Waals surface area contributed by atoms with Gasteiger partial charge >= 0.3 is 5.69 Å². The molecular formula is C7H7N2O5-. The Kier molecular flexibility index (Phi) is 2.82. The summed E-state index contributed by atoms with van der Waals surface area (Å²) in [5.74, 6) is -1.68. The summed E-state index contributed by atoms with van der Waals surface area (Å²) in [5, 5.41) is 19.0. The molecule has 0 radical (unpaired) electrons. The molecule has 1 aromatic heterocycles. The highest BCUT2D eigenvalue weighted by atomic mass is 16.4. The van der Waals surface area contributed by atoms with Crippen LogP contribution in [0.2, 0.25) is 0 Å². The van der Waals surface area contributed by atoms with E-state index in [0.717, 1.165) is 16.8 Å². The lowest BCUT2D eigenvalue weighted by Gasteiger charge is -2.12. The van der Waals surface area contributed by atoms with Crippen LogP contribution in [0, 0.1) is 0 Å². The van der Waals surface area contributed by atoms with Crippen molar-refractivity contribution in [3.05, 3.63) is 33.1 Å². The number of rotatable bonds is 3. The first-order chi connectivity index (χ1) is 6.50. The first-order valence-corrected chi connectivity index (χ1v) is 3.69. The van der Waals surface area contributed by atoms with Crippen molar-refractivity contribution < 1.29 is 15.0 Å². The van der Waals surface area contributed by atoms with E-state index in [1.54, 1.807) is 0 Å². The second-order valence-electron chi connectivity index (χ2n) is 2.60. The normalized spacial score (nSPS) is 12.4. The lowest BCUT2D eigenvalue weighted by Crippen LogP contribution is -2.41. The molecule has 0 saturated carbocycles. The topological polar surface area (TPSA) is 115 Å². The molecule has 14 heavy (non-hydrogen) atoms. The zero-order valence-corrected chi connectivity index (χ0v) is 6.97. The number of H-pyrrole nitrogens is 1. The summed E-state index contributed by atoms with van der Waals surface area (Å²) in [5.41, 5.74) is -1.37. The molecule has 76 valence electrons. The van der Waals surface area contributed by atoms with Crippen LogP contribution in [0.4, 0.5) is 0 Å². The molecule has 0 spiro atoms. The van der Waals surface area contributed by atoms with E-state index in [1.165, 1.54) is 0 Å². The van der Waals surface area contributed by atoms with Gasteiger partial charge in [-0.2, -0.15) is 0 Å². The Labute approximate surface area is 77.2 Å². The van der Waals surface area contributed by atoms with Gasteiger partial charge < -0.3 is 15.0 Å². The highest BCUT2D eigenvalue weighted by molar-refractivity contribution is 5.69. The molecular weight excluding hydrogens is 192 g/mol. The van der Waals surface area contributed by atoms with Crippen molar-refractivity contribution in [3.63, 3.8) is 0 Å². The Bertz CT molecular complexity index is 446. The number of carboxylic acids is 1. The zero-order valence-electron chi connectivity index (χ0n) is 6.97. The number of hydrogen-bond donors (Lipinski definition) is 2. The van der Waals surface area contributed by atoms with E-state index in [1.807, 2.05) is 4.98 Å². The standard InChI is InChI=1S/C7H8N2O5/c10-4(6(12)13)3-9-2-1-5(11)8-7(9)14/h1-2,4,10H,3H2,(H,12,13)(H,8,11,14)/p-1/t4-/m0/s1. The number of aliphatic hydroxyl groups is 1. The Morgan fingerprint density at radius 3 is 2.79 bits per heavy atom. The molecule has 1 atom stereocenters. The first kappa shape index (κ1) is 10.2. The van der Waals surface area contributed by atoms with Gasteiger partial charge in [-0.1, -0.05) is 0 Å². The molecule has 1 rings (SSSR count). The Morgan fingerprint density at radius 1 is 1.64 bits per heavy atom. The minimum Gasteiger partial charge on any atom is -0.547 e. The number of aromatic amines is 1. The van der Waals surface area contributed by atoms with E-state index in [-0.39, 0.29) is 0 Å². The van der Waals surface area contributed by atoms with Crippen molar-refractivity contribution >= 4 is 5.97 Å². The number of hydrogen-bond acceptors (Lipinski definition) is 5. The average molecular weight is 199 g/mol. The van der Waals surface area contributed by atoms with E-state index in [0.29, 0.717) is 0 Å². The number of carbonyl (C=O) groups excluding carboxylic acids is 1. The van der Waals surface area contributed by atoms with Crippen LogP contribution in [0.3, 0.4) is 0 Å². The van der Waals surface area contributed by atoms with Crippen LogP contribution in [-0.2, 0) is 11.3 Å². The van der Waals surface area contributed by atoms with Gasteiger partial charge in [0.25, 0.3) is 5.56 Å². The molecule has 7 heteroatoms. The lowest BCUT2D eigenvalue weighted by molar-refractivity contribution is -0.315. The maximum absolute atomic E-state index is 11.0. The molecule has 0 aromatic carbocycles. The summed E-state index contributed by atoms with van der Waals surface area (Å²) in [6, 6.07) is 1.05. The van der Waals surface area contributed by atoms with Crippen LogP contribution in [0.5, 0.6) is 0 Å². The van der Waals surface area contributed by atoms with Gasteiger partial charge in [0.15, 0.2) is 0 Å². The minimum atomic E-state index is -1.78. The van der Waals surface area contributed by atoms with E-state index in [2.05, 4.69) is 0 Å². The van der Waals surface area contributed by atoms with Crippen molar-refractivity contribution in [1.29, 1.82) is 0 Å². The highest BCUT2D eigenvalue weighted by Crippen LogP contribution is 1.85. The number of aromatic nitrogens is 2. The SMILES string of the molecule is O=C([O-])[C@@H](O)Cn1ccc(=O)[nH]c1=O. The van der Waals surface area contributed by atoms with Gasteiger partial charge in [-0.05, 0) is 0 Å². The third-order valence-electron chi connectivity index (χ3n) is 1.54. The quantitative estimate of drug-likeness (QED) is 0.527. The maximum Gasteiger partial charge on any atom is 0.328 e. The second-order valence-corrected chi connectivity index (χ2v) is 2.60. The summed E-state index contributed by atoms with van der Waals surface area (Å²) >= 11 is 0. The molecule has 0 aliphatic carbocycles. The monoisotopic (exact) mass is 199 g/mol. The molecule has 7 nitrogen and oxygen atoms in total. The van der Waals surface area contributed by atoms with Gasteiger partial charge in [-0.25, -0.2) is 4.79 Å². The molecule has 0 bridgehead atoms. The highest BCUT2D eigenvalue weighted by Gasteiger charge is 2.06. The number of carboxylic acid groups (broad SMARTS) is 1. The largest absolute Gasteiger partial charge is 0.547 e. The lowest BCUT2D eigenvalue weighted by atomic mass is 10.3. The molecule has 0 saturated heterocycles. The van der Waals surface area contributed by atoms with Gasteiger partial charge in [0.2, 0.25) is 0 Å². The van der Waals surface area contributed by atoms with E-state index in [9.17, 15) is 19.5 Å². The number of carbonyl (C=O) groups is 1. The van der Waals surface area contributed by atoms with Crippen LogP contribution < -0.4 is 16.4 Å². The number of nitrogens with zero attached hydrogens (tertiary/aromatic N) is 1. The summed E-state index contributed by atoms with van der Waals surface area (Å²) < 4.78 is 0.863. The number of aliphatic hydroxyl groups excluding tert-OH is 1. The van der Waals surface area contributed by atoms with Crippen LogP contribution in [-0.4, -0.2) is 26.7 Å². The number of aliphatic carboxylic acids is 1. The van der Waals surface area contributed by atoms with E-state index >= 15 is 0 Å². The van der Waals surface area contributed by atoms with E-state index < -0.39 is 29.9 Å². The molecule has 1 aromatic rings. The van der Waals surface area contributed by atoms with Gasteiger partial charge in [-0.3, -0.25) is 14.3 Å². The van der Waals surface area contributed by atoms with Crippen molar-refractivity contribution in [2.24, 2.45) is 0 Å². The molecule has 0 amide bonds. The second kappa shape index (κ2) is 3.88. The summed E-state index contributed by atoms with van der Waals surface area (Å²) in [6.07, 6.45) is -0.688. The fraction of sp³-hybridized carbons (Fsp3) is 0.286. The van der Waals surface area contributed by atoms with Crippen LogP contribution in [0.25, 0.3) is 0 Å². The van der Waals surface area contributed by atoms with Crippen molar-refractivity contribution in [1.82, 2.24) is 9.55 Å². The molecule has 0 fully saturated rings. The van der Waals surface area contributed by atoms with Crippen molar-refractivity contribution in [3.8, 4) is 0 Å². The number of nitrogens with one attached hydrogen (secondary N) is 1. The van der Waals surface area contributed by atoms with Crippen LogP contribution in [0.15, 0.2) is 21.9 Å². The van der Waals surface area contributed by atoms with Crippen LogP contribution >= 0.6 is 0 Å². The van der Waals surface area contributed by atoms with Crippen LogP contribution in [0.1, 0.15) is 0 Å². The summed E-state index contributed by atoms with van der Waals surface area (Å²) in [6.45, 7) is -0.460. The average Bonchev–Trinajstić information content (AvgIpc) is 2.09. The minimum absolute atomic E-state index is 0.460. The molecule has 2 N–H and O–H groups in total. The Morgan fingerprint density at radius 2 is 2.29 bits per heavy atom. The molecule has 0 aliphatic heterocycles. The fourth-order valence-corrected chi connectivity index (χ4v) is 0.849. The van der Waals surface area contributed by atoms with Gasteiger partial charge in [0.1, 0.15) is 6.10 Å².